The molecule has 0 saturated heterocycles. The molecule has 1 atom stereocenters. The van der Waals surface area contributed by atoms with Crippen LogP contribution in [0.3, 0.4) is 0 Å². The fourth-order valence-electron chi connectivity index (χ4n) is 2.32. The quantitative estimate of drug-likeness (QED) is 0.888. The Hall–Kier alpha value is -1.32. The second-order valence-electron chi connectivity index (χ2n) is 4.63. The van der Waals surface area contributed by atoms with E-state index in [1.807, 2.05) is 37.4 Å². The van der Waals surface area contributed by atoms with E-state index in [9.17, 15) is 0 Å². The molecule has 102 valence electrons. The molecule has 3 heteroatoms. The summed E-state index contributed by atoms with van der Waals surface area (Å²) < 4.78 is 5.49. The van der Waals surface area contributed by atoms with Gasteiger partial charge < -0.3 is 10.1 Å². The molecule has 2 nitrogen and oxygen atoms in total. The van der Waals surface area contributed by atoms with E-state index in [2.05, 4.69) is 37.4 Å². The minimum Gasteiger partial charge on any atom is -0.494 e. The van der Waals surface area contributed by atoms with E-state index in [4.69, 9.17) is 4.74 Å². The molecule has 0 spiro atoms. The van der Waals surface area contributed by atoms with Crippen molar-refractivity contribution in [3.05, 3.63) is 51.2 Å². The summed E-state index contributed by atoms with van der Waals surface area (Å²) in [4.78, 5) is 2.75. The first-order valence-corrected chi connectivity index (χ1v) is 7.44. The maximum atomic E-state index is 5.49. The van der Waals surface area contributed by atoms with Gasteiger partial charge in [0.2, 0.25) is 0 Å². The van der Waals surface area contributed by atoms with Gasteiger partial charge in [0.05, 0.1) is 12.6 Å². The second-order valence-corrected chi connectivity index (χ2v) is 5.92. The first kappa shape index (κ1) is 14.1. The third kappa shape index (κ3) is 3.17. The Bertz CT molecular complexity index is 530. The zero-order valence-corrected chi connectivity index (χ0v) is 12.8. The lowest BCUT2D eigenvalue weighted by Gasteiger charge is -2.17. The van der Waals surface area contributed by atoms with Crippen molar-refractivity contribution < 1.29 is 4.74 Å². The first-order chi connectivity index (χ1) is 9.15. The molecule has 1 heterocycles. The summed E-state index contributed by atoms with van der Waals surface area (Å²) >= 11 is 1.86. The van der Waals surface area contributed by atoms with Gasteiger partial charge in [-0.3, -0.25) is 0 Å². The number of thiophene rings is 1. The Morgan fingerprint density at radius 2 is 1.89 bits per heavy atom. The minimum absolute atomic E-state index is 0.259. The van der Waals surface area contributed by atoms with Crippen LogP contribution >= 0.6 is 11.3 Å². The third-order valence-corrected chi connectivity index (χ3v) is 4.37. The van der Waals surface area contributed by atoms with Crippen LogP contribution in [0, 0.1) is 13.8 Å². The smallest absolute Gasteiger partial charge is 0.119 e. The molecule has 1 aromatic heterocycles. The Balaban J connectivity index is 2.29. The number of hydrogen-bond donors (Lipinski definition) is 1. The topological polar surface area (TPSA) is 21.3 Å². The van der Waals surface area contributed by atoms with E-state index >= 15 is 0 Å². The average Bonchev–Trinajstić information content (AvgIpc) is 2.72. The average molecular weight is 275 g/mol. The molecule has 1 unspecified atom stereocenters. The van der Waals surface area contributed by atoms with E-state index < -0.39 is 0 Å². The van der Waals surface area contributed by atoms with Gasteiger partial charge >= 0.3 is 0 Å². The Morgan fingerprint density at radius 3 is 2.37 bits per heavy atom. The normalized spacial score (nSPS) is 12.4. The van der Waals surface area contributed by atoms with Crippen LogP contribution in [0.15, 0.2) is 30.3 Å². The molecule has 1 aromatic carbocycles. The molecular weight excluding hydrogens is 254 g/mol. The van der Waals surface area contributed by atoms with Crippen LogP contribution in [-0.2, 0) is 0 Å². The zero-order chi connectivity index (χ0) is 13.8. The predicted octanol–water partition coefficient (Wildman–Crippen LogP) is 4.07. The van der Waals surface area contributed by atoms with E-state index in [0.29, 0.717) is 6.61 Å². The largest absolute Gasteiger partial charge is 0.494 e. The summed E-state index contributed by atoms with van der Waals surface area (Å²) in [7, 11) is 2.01. The molecule has 2 rings (SSSR count). The molecule has 0 radical (unpaired) electrons. The van der Waals surface area contributed by atoms with Gasteiger partial charge in [-0.15, -0.1) is 11.3 Å². The Morgan fingerprint density at radius 1 is 1.21 bits per heavy atom. The van der Waals surface area contributed by atoms with Crippen molar-refractivity contribution in [2.75, 3.05) is 13.7 Å². The van der Waals surface area contributed by atoms with Crippen LogP contribution in [0.4, 0.5) is 0 Å². The van der Waals surface area contributed by atoms with Crippen molar-refractivity contribution >= 4 is 11.3 Å². The van der Waals surface area contributed by atoms with Crippen molar-refractivity contribution in [3.8, 4) is 5.75 Å². The molecule has 0 saturated carbocycles. The van der Waals surface area contributed by atoms with E-state index in [1.54, 1.807) is 0 Å². The Kier molecular flexibility index (Phi) is 4.61. The number of hydrogen-bond acceptors (Lipinski definition) is 3. The maximum absolute atomic E-state index is 5.49. The molecule has 1 N–H and O–H groups in total. The Labute approximate surface area is 119 Å². The van der Waals surface area contributed by atoms with Crippen molar-refractivity contribution in [3.63, 3.8) is 0 Å². The van der Waals surface area contributed by atoms with Gasteiger partial charge in [0.25, 0.3) is 0 Å². The van der Waals surface area contributed by atoms with Crippen molar-refractivity contribution in [1.29, 1.82) is 0 Å². The van der Waals surface area contributed by atoms with Gasteiger partial charge in [0.1, 0.15) is 5.75 Å². The lowest BCUT2D eigenvalue weighted by molar-refractivity contribution is 0.340. The fourth-order valence-corrected chi connectivity index (χ4v) is 3.49. The van der Waals surface area contributed by atoms with Crippen LogP contribution in [0.25, 0.3) is 0 Å². The summed E-state index contributed by atoms with van der Waals surface area (Å²) in [6.45, 7) is 7.05. The number of ether oxygens (including phenoxy) is 1. The number of benzene rings is 1. The van der Waals surface area contributed by atoms with Crippen LogP contribution in [0.5, 0.6) is 5.75 Å². The third-order valence-electron chi connectivity index (χ3n) is 3.15. The van der Waals surface area contributed by atoms with Crippen molar-refractivity contribution in [2.24, 2.45) is 0 Å². The van der Waals surface area contributed by atoms with Gasteiger partial charge in [-0.2, -0.15) is 0 Å². The highest BCUT2D eigenvalue weighted by molar-refractivity contribution is 7.12. The fraction of sp³-hybridized carbons (Fsp3) is 0.375. The van der Waals surface area contributed by atoms with Crippen LogP contribution < -0.4 is 10.1 Å². The van der Waals surface area contributed by atoms with Crippen LogP contribution in [0.1, 0.15) is 33.8 Å². The summed E-state index contributed by atoms with van der Waals surface area (Å²) in [5.74, 6) is 0.931. The molecule has 0 aliphatic heterocycles. The molecule has 0 bridgehead atoms. The number of nitrogens with one attached hydrogen (secondary N) is 1. The number of aryl methyl sites for hydroxylation is 2. The molecule has 0 aliphatic carbocycles. The predicted molar refractivity (Wildman–Crippen MR) is 82.3 cm³/mol. The van der Waals surface area contributed by atoms with E-state index in [-0.39, 0.29) is 6.04 Å². The summed E-state index contributed by atoms with van der Waals surface area (Å²) in [5, 5.41) is 3.41. The lowest BCUT2D eigenvalue weighted by atomic mass is 10.0. The highest BCUT2D eigenvalue weighted by Gasteiger charge is 2.16. The summed E-state index contributed by atoms with van der Waals surface area (Å²) in [6.07, 6.45) is 0. The standard InChI is InChI=1S/C16H21NOS/c1-5-18-14-8-6-13(7-9-14)15(17-4)16-11(2)10-12(3)19-16/h6-10,15,17H,5H2,1-4H3. The van der Waals surface area contributed by atoms with Crippen LogP contribution in [-0.4, -0.2) is 13.7 Å². The summed E-state index contributed by atoms with van der Waals surface area (Å²) in [5.41, 5.74) is 2.63. The summed E-state index contributed by atoms with van der Waals surface area (Å²) in [6, 6.07) is 10.9. The molecule has 0 aliphatic rings. The van der Waals surface area contributed by atoms with Gasteiger partial charge in [0, 0.05) is 9.75 Å². The molecule has 2 aromatic rings. The number of rotatable bonds is 5. The van der Waals surface area contributed by atoms with E-state index in [0.717, 1.165) is 5.75 Å². The van der Waals surface area contributed by atoms with E-state index in [1.165, 1.54) is 20.9 Å². The molecule has 0 fully saturated rings. The van der Waals surface area contributed by atoms with Crippen LogP contribution in [0.2, 0.25) is 0 Å². The maximum Gasteiger partial charge on any atom is 0.119 e. The second kappa shape index (κ2) is 6.22. The minimum atomic E-state index is 0.259. The zero-order valence-electron chi connectivity index (χ0n) is 12.0. The van der Waals surface area contributed by atoms with Crippen molar-refractivity contribution in [2.45, 2.75) is 26.8 Å². The van der Waals surface area contributed by atoms with Gasteiger partial charge in [-0.05, 0) is 57.1 Å². The lowest BCUT2D eigenvalue weighted by Crippen LogP contribution is -2.17. The molecular formula is C16H21NOS. The molecule has 19 heavy (non-hydrogen) atoms. The highest BCUT2D eigenvalue weighted by Crippen LogP contribution is 2.32. The van der Waals surface area contributed by atoms with Gasteiger partial charge in [-0.1, -0.05) is 12.1 Å². The van der Waals surface area contributed by atoms with Gasteiger partial charge in [-0.25, -0.2) is 0 Å². The SMILES string of the molecule is CCOc1ccc(C(NC)c2sc(C)cc2C)cc1. The first-order valence-electron chi connectivity index (χ1n) is 6.62. The monoisotopic (exact) mass is 275 g/mol. The highest BCUT2D eigenvalue weighted by atomic mass is 32.1. The van der Waals surface area contributed by atoms with Crippen molar-refractivity contribution in [1.82, 2.24) is 5.32 Å². The molecule has 0 amide bonds. The van der Waals surface area contributed by atoms with Gasteiger partial charge in [0.15, 0.2) is 0 Å².